The van der Waals surface area contributed by atoms with Crippen LogP contribution in [0.2, 0.25) is 0 Å². The van der Waals surface area contributed by atoms with Crippen molar-refractivity contribution in [2.75, 3.05) is 0 Å². The topological polar surface area (TPSA) is 68.3 Å². The fourth-order valence-corrected chi connectivity index (χ4v) is 5.16. The Labute approximate surface area is 158 Å². The Kier molecular flexibility index (Phi) is 3.61. The summed E-state index contributed by atoms with van der Waals surface area (Å²) in [6, 6.07) is 11.2. The molecule has 5 rings (SSSR count). The van der Waals surface area contributed by atoms with Gasteiger partial charge in [-0.15, -0.1) is 0 Å². The molecule has 2 saturated carbocycles. The first-order valence-corrected chi connectivity index (χ1v) is 9.61. The molecule has 2 aliphatic carbocycles. The first-order chi connectivity index (χ1) is 13.1. The van der Waals surface area contributed by atoms with Crippen molar-refractivity contribution in [1.82, 2.24) is 10.3 Å². The number of nitrogens with one attached hydrogen (secondary N) is 1. The second-order valence-corrected chi connectivity index (χ2v) is 8.03. The molecule has 5 atom stereocenters. The molecule has 0 radical (unpaired) electrons. The van der Waals surface area contributed by atoms with Gasteiger partial charge in [-0.2, -0.15) is 0 Å². The fourth-order valence-electron chi connectivity index (χ4n) is 5.16. The molecule has 1 aromatic carbocycles. The maximum Gasteiger partial charge on any atom is 0.224 e. The van der Waals surface area contributed by atoms with Crippen LogP contribution in [0.1, 0.15) is 48.1 Å². The third kappa shape index (κ3) is 2.56. The van der Waals surface area contributed by atoms with E-state index >= 15 is 0 Å². The van der Waals surface area contributed by atoms with Gasteiger partial charge in [-0.05, 0) is 55.5 Å². The van der Waals surface area contributed by atoms with Gasteiger partial charge in [0.15, 0.2) is 5.78 Å². The second-order valence-electron chi connectivity index (χ2n) is 8.03. The van der Waals surface area contributed by atoms with E-state index in [1.54, 1.807) is 12.4 Å². The van der Waals surface area contributed by atoms with Crippen LogP contribution < -0.4 is 10.1 Å². The highest BCUT2D eigenvalue weighted by Gasteiger charge is 2.70. The minimum atomic E-state index is -0.502. The second kappa shape index (κ2) is 5.91. The molecule has 5 nitrogen and oxygen atoms in total. The van der Waals surface area contributed by atoms with Crippen LogP contribution in [0, 0.1) is 17.8 Å². The van der Waals surface area contributed by atoms with E-state index < -0.39 is 5.60 Å². The number of hydrogen-bond acceptors (Lipinski definition) is 4. The lowest BCUT2D eigenvalue weighted by Gasteiger charge is -2.37. The zero-order valence-electron chi connectivity index (χ0n) is 15.2. The van der Waals surface area contributed by atoms with Crippen LogP contribution in [0.5, 0.6) is 5.75 Å². The van der Waals surface area contributed by atoms with Crippen molar-refractivity contribution in [3.63, 3.8) is 0 Å². The van der Waals surface area contributed by atoms with Crippen LogP contribution in [0.15, 0.2) is 48.8 Å². The van der Waals surface area contributed by atoms with Gasteiger partial charge in [0.05, 0.1) is 18.0 Å². The SMILES string of the molecule is CC(NC(=O)C1C2CCC3(CC(=O)c4ccccc4O3)C21)c1ccncc1. The predicted molar refractivity (Wildman–Crippen MR) is 99.2 cm³/mol. The lowest BCUT2D eigenvalue weighted by atomic mass is 9.84. The number of carbonyl (C=O) groups is 2. The zero-order chi connectivity index (χ0) is 18.6. The Morgan fingerprint density at radius 1 is 1.26 bits per heavy atom. The van der Waals surface area contributed by atoms with Gasteiger partial charge in [0, 0.05) is 24.2 Å². The van der Waals surface area contributed by atoms with Gasteiger partial charge >= 0.3 is 0 Å². The molecule has 138 valence electrons. The van der Waals surface area contributed by atoms with E-state index in [0.717, 1.165) is 18.4 Å². The summed E-state index contributed by atoms with van der Waals surface area (Å²) in [6.07, 6.45) is 5.65. The predicted octanol–water partition coefficient (Wildman–Crippen LogP) is 3.32. The summed E-state index contributed by atoms with van der Waals surface area (Å²) in [5.41, 5.74) is 1.20. The van der Waals surface area contributed by atoms with Crippen LogP contribution in [0.4, 0.5) is 0 Å². The van der Waals surface area contributed by atoms with Gasteiger partial charge in [0.25, 0.3) is 0 Å². The monoisotopic (exact) mass is 362 g/mol. The van der Waals surface area contributed by atoms with Gasteiger partial charge in [0.2, 0.25) is 5.91 Å². The van der Waals surface area contributed by atoms with E-state index in [1.165, 1.54) is 0 Å². The highest BCUT2D eigenvalue weighted by atomic mass is 16.5. The molecule has 1 aliphatic heterocycles. The molecule has 1 aromatic heterocycles. The molecule has 2 fully saturated rings. The average molecular weight is 362 g/mol. The Bertz CT molecular complexity index is 913. The Hall–Kier alpha value is -2.69. The van der Waals surface area contributed by atoms with Gasteiger partial charge in [-0.3, -0.25) is 14.6 Å². The summed E-state index contributed by atoms with van der Waals surface area (Å²) in [4.78, 5) is 29.6. The molecule has 5 unspecified atom stereocenters. The molecule has 0 bridgehead atoms. The van der Waals surface area contributed by atoms with Gasteiger partial charge in [-0.1, -0.05) is 12.1 Å². The van der Waals surface area contributed by atoms with E-state index in [1.807, 2.05) is 43.3 Å². The van der Waals surface area contributed by atoms with Gasteiger partial charge in [0.1, 0.15) is 11.4 Å². The number of amides is 1. The molecule has 2 aromatic rings. The number of pyridine rings is 1. The molecular formula is C22H22N2O3. The lowest BCUT2D eigenvalue weighted by molar-refractivity contribution is -0.124. The zero-order valence-corrected chi connectivity index (χ0v) is 15.2. The van der Waals surface area contributed by atoms with Crippen molar-refractivity contribution in [3.8, 4) is 5.75 Å². The summed E-state index contributed by atoms with van der Waals surface area (Å²) in [5.74, 6) is 1.29. The molecule has 3 aliphatic rings. The van der Waals surface area contributed by atoms with Crippen molar-refractivity contribution in [3.05, 3.63) is 59.9 Å². The number of benzene rings is 1. The molecule has 1 spiro atoms. The molecule has 2 heterocycles. The molecule has 27 heavy (non-hydrogen) atoms. The van der Waals surface area contributed by atoms with Crippen LogP contribution in [-0.2, 0) is 4.79 Å². The van der Waals surface area contributed by atoms with Gasteiger partial charge < -0.3 is 10.1 Å². The maximum atomic E-state index is 12.9. The molecular weight excluding hydrogens is 340 g/mol. The molecule has 1 amide bonds. The van der Waals surface area contributed by atoms with Crippen LogP contribution >= 0.6 is 0 Å². The quantitative estimate of drug-likeness (QED) is 0.909. The molecule has 1 N–H and O–H groups in total. The largest absolute Gasteiger partial charge is 0.486 e. The molecule has 5 heteroatoms. The summed E-state index contributed by atoms with van der Waals surface area (Å²) in [7, 11) is 0. The number of para-hydroxylation sites is 1. The van der Waals surface area contributed by atoms with Gasteiger partial charge in [-0.25, -0.2) is 0 Å². The minimum Gasteiger partial charge on any atom is -0.486 e. The first kappa shape index (κ1) is 16.5. The van der Waals surface area contributed by atoms with E-state index in [2.05, 4.69) is 10.3 Å². The molecule has 0 saturated heterocycles. The van der Waals surface area contributed by atoms with Crippen LogP contribution in [0.3, 0.4) is 0 Å². The smallest absolute Gasteiger partial charge is 0.224 e. The Morgan fingerprint density at radius 2 is 2.04 bits per heavy atom. The van der Waals surface area contributed by atoms with Crippen LogP contribution in [0.25, 0.3) is 0 Å². The van der Waals surface area contributed by atoms with E-state index in [-0.39, 0.29) is 29.6 Å². The highest BCUT2D eigenvalue weighted by molar-refractivity contribution is 6.00. The maximum absolute atomic E-state index is 12.9. The van der Waals surface area contributed by atoms with Crippen molar-refractivity contribution in [2.45, 2.75) is 37.8 Å². The lowest BCUT2D eigenvalue weighted by Crippen LogP contribution is -2.44. The fraction of sp³-hybridized carbons (Fsp3) is 0.409. The van der Waals surface area contributed by atoms with E-state index in [9.17, 15) is 9.59 Å². The number of hydrogen-bond donors (Lipinski definition) is 1. The number of rotatable bonds is 3. The number of nitrogens with zero attached hydrogens (tertiary/aromatic N) is 1. The normalized spacial score (nSPS) is 31.6. The number of ketones is 1. The Morgan fingerprint density at radius 3 is 2.85 bits per heavy atom. The highest BCUT2D eigenvalue weighted by Crippen LogP contribution is 2.65. The first-order valence-electron chi connectivity index (χ1n) is 9.61. The average Bonchev–Trinajstić information content (AvgIpc) is 3.34. The van der Waals surface area contributed by atoms with Crippen molar-refractivity contribution in [1.29, 1.82) is 0 Å². The third-order valence-corrected chi connectivity index (χ3v) is 6.50. The number of ether oxygens (including phenoxy) is 1. The van der Waals surface area contributed by atoms with Crippen molar-refractivity contribution < 1.29 is 14.3 Å². The van der Waals surface area contributed by atoms with E-state index in [0.29, 0.717) is 23.7 Å². The number of Topliss-reactive ketones (excluding diaryl/α,β-unsaturated/α-hetero) is 1. The third-order valence-electron chi connectivity index (χ3n) is 6.50. The Balaban J connectivity index is 1.33. The van der Waals surface area contributed by atoms with Crippen molar-refractivity contribution >= 4 is 11.7 Å². The minimum absolute atomic E-state index is 0.0545. The number of carbonyl (C=O) groups excluding carboxylic acids is 2. The summed E-state index contributed by atoms with van der Waals surface area (Å²) in [6.45, 7) is 1.98. The van der Waals surface area contributed by atoms with Crippen molar-refractivity contribution in [2.24, 2.45) is 17.8 Å². The summed E-state index contributed by atoms with van der Waals surface area (Å²) < 4.78 is 6.37. The number of aromatic nitrogens is 1. The van der Waals surface area contributed by atoms with E-state index in [4.69, 9.17) is 4.74 Å². The standard InChI is InChI=1S/C22H22N2O3/c1-13(14-7-10-23-11-8-14)24-21(26)19-16-6-9-22(20(16)19)12-17(25)15-4-2-3-5-18(15)27-22/h2-5,7-8,10-11,13,16,19-20H,6,9,12H2,1H3,(H,24,26). The van der Waals surface area contributed by atoms with Crippen LogP contribution in [-0.4, -0.2) is 22.3 Å². The summed E-state index contributed by atoms with van der Waals surface area (Å²) >= 11 is 0. The number of fused-ring (bicyclic) bond motifs is 3. The summed E-state index contributed by atoms with van der Waals surface area (Å²) in [5, 5.41) is 3.13.